The molecule has 0 saturated carbocycles. The SMILES string of the molecule is Cc1cccc(SCCOc2cccc3c(-c4ccccc4)cccc23)c1. The maximum absolute atomic E-state index is 6.14. The van der Waals surface area contributed by atoms with E-state index < -0.39 is 0 Å². The summed E-state index contributed by atoms with van der Waals surface area (Å²) in [6.45, 7) is 2.81. The molecule has 134 valence electrons. The van der Waals surface area contributed by atoms with E-state index in [4.69, 9.17) is 4.74 Å². The number of thioether (sulfide) groups is 1. The van der Waals surface area contributed by atoms with Crippen LogP contribution in [0.25, 0.3) is 21.9 Å². The quantitative estimate of drug-likeness (QED) is 0.267. The van der Waals surface area contributed by atoms with Gasteiger partial charge in [0.15, 0.2) is 0 Å². The van der Waals surface area contributed by atoms with Crippen LogP contribution in [0.4, 0.5) is 0 Å². The van der Waals surface area contributed by atoms with Crippen molar-refractivity contribution in [1.29, 1.82) is 0 Å². The van der Waals surface area contributed by atoms with Crippen molar-refractivity contribution in [2.45, 2.75) is 11.8 Å². The highest BCUT2D eigenvalue weighted by Crippen LogP contribution is 2.33. The van der Waals surface area contributed by atoms with Gasteiger partial charge in [-0.1, -0.05) is 78.4 Å². The average molecular weight is 371 g/mol. The maximum atomic E-state index is 6.14. The molecule has 0 N–H and O–H groups in total. The first-order valence-corrected chi connectivity index (χ1v) is 10.2. The smallest absolute Gasteiger partial charge is 0.127 e. The molecule has 0 bridgehead atoms. The van der Waals surface area contributed by atoms with E-state index >= 15 is 0 Å². The van der Waals surface area contributed by atoms with Crippen LogP contribution in [0.1, 0.15) is 5.56 Å². The Bertz CT molecular complexity index is 1040. The third-order valence-corrected chi connectivity index (χ3v) is 5.52. The van der Waals surface area contributed by atoms with Crippen molar-refractivity contribution in [2.75, 3.05) is 12.4 Å². The highest BCUT2D eigenvalue weighted by molar-refractivity contribution is 7.99. The predicted octanol–water partition coefficient (Wildman–Crippen LogP) is 6.99. The Kier molecular flexibility index (Phi) is 5.45. The Balaban J connectivity index is 1.51. The molecule has 0 aliphatic carbocycles. The van der Waals surface area contributed by atoms with Gasteiger partial charge in [0.2, 0.25) is 0 Å². The molecular formula is C25H22OS. The molecule has 27 heavy (non-hydrogen) atoms. The van der Waals surface area contributed by atoms with Crippen molar-refractivity contribution < 1.29 is 4.74 Å². The molecular weight excluding hydrogens is 348 g/mol. The van der Waals surface area contributed by atoms with Crippen LogP contribution in [0.15, 0.2) is 95.9 Å². The van der Waals surface area contributed by atoms with Gasteiger partial charge in [0, 0.05) is 16.0 Å². The molecule has 2 heteroatoms. The first-order valence-electron chi connectivity index (χ1n) is 9.21. The molecule has 0 aromatic heterocycles. The van der Waals surface area contributed by atoms with Crippen molar-refractivity contribution in [3.8, 4) is 16.9 Å². The fraction of sp³-hybridized carbons (Fsp3) is 0.120. The zero-order chi connectivity index (χ0) is 18.5. The van der Waals surface area contributed by atoms with Crippen molar-refractivity contribution >= 4 is 22.5 Å². The Hall–Kier alpha value is -2.71. The third kappa shape index (κ3) is 4.17. The van der Waals surface area contributed by atoms with Crippen LogP contribution in [-0.4, -0.2) is 12.4 Å². The topological polar surface area (TPSA) is 9.23 Å². The lowest BCUT2D eigenvalue weighted by Gasteiger charge is -2.12. The third-order valence-electron chi connectivity index (χ3n) is 4.57. The molecule has 0 fully saturated rings. The zero-order valence-electron chi connectivity index (χ0n) is 15.4. The van der Waals surface area contributed by atoms with Crippen LogP contribution < -0.4 is 4.74 Å². The number of aryl methyl sites for hydroxylation is 1. The van der Waals surface area contributed by atoms with Crippen LogP contribution in [0.5, 0.6) is 5.75 Å². The number of hydrogen-bond acceptors (Lipinski definition) is 2. The second-order valence-corrected chi connectivity index (χ2v) is 7.70. The van der Waals surface area contributed by atoms with E-state index in [0.29, 0.717) is 6.61 Å². The fourth-order valence-electron chi connectivity index (χ4n) is 3.29. The van der Waals surface area contributed by atoms with E-state index in [1.165, 1.54) is 32.4 Å². The molecule has 0 amide bonds. The van der Waals surface area contributed by atoms with Crippen LogP contribution in [-0.2, 0) is 0 Å². The lowest BCUT2D eigenvalue weighted by atomic mass is 9.98. The summed E-state index contributed by atoms with van der Waals surface area (Å²) >= 11 is 1.83. The summed E-state index contributed by atoms with van der Waals surface area (Å²) in [5.41, 5.74) is 3.77. The molecule has 0 unspecified atom stereocenters. The lowest BCUT2D eigenvalue weighted by molar-refractivity contribution is 0.348. The number of hydrogen-bond donors (Lipinski definition) is 0. The van der Waals surface area contributed by atoms with Crippen LogP contribution >= 0.6 is 11.8 Å². The Morgan fingerprint density at radius 1 is 0.741 bits per heavy atom. The van der Waals surface area contributed by atoms with Crippen molar-refractivity contribution in [1.82, 2.24) is 0 Å². The van der Waals surface area contributed by atoms with Crippen molar-refractivity contribution in [2.24, 2.45) is 0 Å². The van der Waals surface area contributed by atoms with Gasteiger partial charge in [0.05, 0.1) is 6.61 Å². The Morgan fingerprint density at radius 3 is 2.37 bits per heavy atom. The number of fused-ring (bicyclic) bond motifs is 1. The first kappa shape index (κ1) is 17.7. The van der Waals surface area contributed by atoms with Crippen LogP contribution in [0.2, 0.25) is 0 Å². The zero-order valence-corrected chi connectivity index (χ0v) is 16.2. The summed E-state index contributed by atoms with van der Waals surface area (Å²) in [7, 11) is 0. The van der Waals surface area contributed by atoms with Crippen LogP contribution in [0, 0.1) is 6.92 Å². The summed E-state index contributed by atoms with van der Waals surface area (Å²) in [6.07, 6.45) is 0. The molecule has 0 heterocycles. The largest absolute Gasteiger partial charge is 0.492 e. The summed E-state index contributed by atoms with van der Waals surface area (Å²) in [5.74, 6) is 1.88. The van der Waals surface area contributed by atoms with Gasteiger partial charge in [-0.3, -0.25) is 0 Å². The summed E-state index contributed by atoms with van der Waals surface area (Å²) in [4.78, 5) is 1.29. The van der Waals surface area contributed by atoms with Crippen LogP contribution in [0.3, 0.4) is 0 Å². The standard InChI is InChI=1S/C25H22OS/c1-19-8-5-11-21(18-19)27-17-16-26-25-15-7-13-23-22(12-6-14-24(23)25)20-9-3-2-4-10-20/h2-15,18H,16-17H2,1H3. The molecule has 0 atom stereocenters. The van der Waals surface area contributed by atoms with E-state index in [9.17, 15) is 0 Å². The minimum absolute atomic E-state index is 0.688. The second-order valence-electron chi connectivity index (χ2n) is 6.54. The minimum Gasteiger partial charge on any atom is -0.492 e. The summed E-state index contributed by atoms with van der Waals surface area (Å²) in [6, 6.07) is 31.9. The van der Waals surface area contributed by atoms with Gasteiger partial charge in [-0.05, 0) is 41.6 Å². The molecule has 0 spiro atoms. The van der Waals surface area contributed by atoms with Gasteiger partial charge in [-0.15, -0.1) is 11.8 Å². The second kappa shape index (κ2) is 8.32. The fourth-order valence-corrected chi connectivity index (χ4v) is 4.14. The highest BCUT2D eigenvalue weighted by Gasteiger charge is 2.07. The molecule has 4 aromatic carbocycles. The summed E-state index contributed by atoms with van der Waals surface area (Å²) in [5, 5.41) is 2.40. The maximum Gasteiger partial charge on any atom is 0.127 e. The summed E-state index contributed by atoms with van der Waals surface area (Å²) < 4.78 is 6.14. The van der Waals surface area contributed by atoms with Gasteiger partial charge < -0.3 is 4.74 Å². The Labute approximate surface area is 165 Å². The van der Waals surface area contributed by atoms with E-state index in [2.05, 4.69) is 97.9 Å². The molecule has 0 radical (unpaired) electrons. The molecule has 0 aliphatic rings. The normalized spacial score (nSPS) is 10.9. The van der Waals surface area contributed by atoms with E-state index in [1.54, 1.807) is 0 Å². The molecule has 4 rings (SSSR count). The van der Waals surface area contributed by atoms with E-state index in [1.807, 2.05) is 11.8 Å². The van der Waals surface area contributed by atoms with E-state index in [-0.39, 0.29) is 0 Å². The van der Waals surface area contributed by atoms with Gasteiger partial charge >= 0.3 is 0 Å². The van der Waals surface area contributed by atoms with Crippen molar-refractivity contribution in [3.63, 3.8) is 0 Å². The molecule has 0 saturated heterocycles. The predicted molar refractivity (Wildman–Crippen MR) is 117 cm³/mol. The van der Waals surface area contributed by atoms with Gasteiger partial charge in [0.25, 0.3) is 0 Å². The average Bonchev–Trinajstić information content (AvgIpc) is 2.71. The number of ether oxygens (including phenoxy) is 1. The number of benzene rings is 4. The number of rotatable bonds is 6. The molecule has 1 nitrogen and oxygen atoms in total. The van der Waals surface area contributed by atoms with E-state index in [0.717, 1.165) is 11.5 Å². The molecule has 0 aliphatic heterocycles. The highest BCUT2D eigenvalue weighted by atomic mass is 32.2. The van der Waals surface area contributed by atoms with Crippen molar-refractivity contribution in [3.05, 3.63) is 96.6 Å². The lowest BCUT2D eigenvalue weighted by Crippen LogP contribution is -2.00. The monoisotopic (exact) mass is 370 g/mol. The van der Waals surface area contributed by atoms with Gasteiger partial charge in [-0.2, -0.15) is 0 Å². The Morgan fingerprint density at radius 2 is 1.52 bits per heavy atom. The molecule has 4 aromatic rings. The van der Waals surface area contributed by atoms with Gasteiger partial charge in [-0.25, -0.2) is 0 Å². The minimum atomic E-state index is 0.688. The van der Waals surface area contributed by atoms with Gasteiger partial charge in [0.1, 0.15) is 5.75 Å². The first-order chi connectivity index (χ1) is 13.3.